The van der Waals surface area contributed by atoms with E-state index in [1.807, 2.05) is 0 Å². The van der Waals surface area contributed by atoms with E-state index < -0.39 is 0 Å². The molecule has 0 saturated carbocycles. The summed E-state index contributed by atoms with van der Waals surface area (Å²) in [5.74, 6) is 0.298. The van der Waals surface area contributed by atoms with Crippen LogP contribution in [-0.2, 0) is 6.42 Å². The van der Waals surface area contributed by atoms with Gasteiger partial charge >= 0.3 is 0 Å². The number of ketones is 1. The Balaban J connectivity index is 1.90. The van der Waals surface area contributed by atoms with Gasteiger partial charge in [-0.1, -0.05) is 0 Å². The Morgan fingerprint density at radius 1 is 1.28 bits per heavy atom. The van der Waals surface area contributed by atoms with Gasteiger partial charge < -0.3 is 4.90 Å². The first-order valence-electron chi connectivity index (χ1n) is 6.56. The second kappa shape index (κ2) is 4.72. The molecule has 1 aromatic heterocycles. The maximum absolute atomic E-state index is 11.9. The Bertz CT molecular complexity index is 471. The number of carbonyl (C=O) groups is 1. The molecule has 0 aromatic carbocycles. The van der Waals surface area contributed by atoms with Gasteiger partial charge in [0.05, 0.1) is 16.6 Å². The van der Waals surface area contributed by atoms with Crippen LogP contribution >= 0.6 is 11.3 Å². The molecule has 0 amide bonds. The number of Topliss-reactive ketones (excluding diaryl/α,β-unsaturated/α-hetero) is 1. The SMILES string of the molecule is CN1CCN(C)C(c2nc3c(s2)C(=O)CCC3)C1. The monoisotopic (exact) mass is 265 g/mol. The fraction of sp³-hybridized carbons (Fsp3) is 0.692. The first-order valence-corrected chi connectivity index (χ1v) is 7.38. The number of hydrogen-bond donors (Lipinski definition) is 0. The third kappa shape index (κ3) is 2.11. The van der Waals surface area contributed by atoms with Crippen molar-refractivity contribution >= 4 is 17.1 Å². The number of piperazine rings is 1. The Morgan fingerprint density at radius 2 is 2.11 bits per heavy atom. The lowest BCUT2D eigenvalue weighted by molar-refractivity contribution is 0.0976. The summed E-state index contributed by atoms with van der Waals surface area (Å²) in [7, 11) is 4.30. The van der Waals surface area contributed by atoms with Gasteiger partial charge in [-0.15, -0.1) is 11.3 Å². The summed E-state index contributed by atoms with van der Waals surface area (Å²) in [6.07, 6.45) is 2.65. The van der Waals surface area contributed by atoms with Crippen LogP contribution in [0.1, 0.15) is 39.3 Å². The second-order valence-electron chi connectivity index (χ2n) is 5.36. The van der Waals surface area contributed by atoms with Crippen LogP contribution in [0.25, 0.3) is 0 Å². The number of likely N-dealkylation sites (N-methyl/N-ethyl adjacent to an activating group) is 2. The van der Waals surface area contributed by atoms with Crippen LogP contribution in [0.3, 0.4) is 0 Å². The first kappa shape index (κ1) is 12.3. The molecule has 0 radical (unpaired) electrons. The van der Waals surface area contributed by atoms with Crippen molar-refractivity contribution < 1.29 is 4.79 Å². The van der Waals surface area contributed by atoms with Crippen LogP contribution in [0.15, 0.2) is 0 Å². The van der Waals surface area contributed by atoms with Gasteiger partial charge in [-0.3, -0.25) is 9.69 Å². The van der Waals surface area contributed by atoms with Gasteiger partial charge in [0, 0.05) is 26.1 Å². The van der Waals surface area contributed by atoms with Crippen molar-refractivity contribution in [3.05, 3.63) is 15.6 Å². The lowest BCUT2D eigenvalue weighted by Crippen LogP contribution is -2.44. The van der Waals surface area contributed by atoms with E-state index in [1.54, 1.807) is 11.3 Å². The maximum Gasteiger partial charge on any atom is 0.174 e. The standard InChI is InChI=1S/C13H19N3OS/c1-15-6-7-16(2)10(8-15)13-14-9-4-3-5-11(17)12(9)18-13/h10H,3-8H2,1-2H3. The van der Waals surface area contributed by atoms with Crippen LogP contribution in [0.4, 0.5) is 0 Å². The Labute approximate surface area is 112 Å². The number of thiazole rings is 1. The van der Waals surface area contributed by atoms with Gasteiger partial charge in [0.25, 0.3) is 0 Å². The average molecular weight is 265 g/mol. The third-order valence-corrected chi connectivity index (χ3v) is 5.16. The van der Waals surface area contributed by atoms with Gasteiger partial charge in [-0.25, -0.2) is 4.98 Å². The van der Waals surface area contributed by atoms with Crippen molar-refractivity contribution in [1.82, 2.24) is 14.8 Å². The molecule has 0 spiro atoms. The molecule has 0 bridgehead atoms. The summed E-state index contributed by atoms with van der Waals surface area (Å²) >= 11 is 1.63. The molecule has 1 saturated heterocycles. The topological polar surface area (TPSA) is 36.4 Å². The third-order valence-electron chi connectivity index (χ3n) is 3.92. The summed E-state index contributed by atoms with van der Waals surface area (Å²) in [6, 6.07) is 0.354. The number of rotatable bonds is 1. The lowest BCUT2D eigenvalue weighted by atomic mass is 10.0. The predicted molar refractivity (Wildman–Crippen MR) is 72.3 cm³/mol. The van der Waals surface area contributed by atoms with E-state index >= 15 is 0 Å². The molecule has 1 unspecified atom stereocenters. The zero-order valence-electron chi connectivity index (χ0n) is 11.0. The Morgan fingerprint density at radius 3 is 2.89 bits per heavy atom. The highest BCUT2D eigenvalue weighted by Gasteiger charge is 2.30. The minimum atomic E-state index is 0.298. The maximum atomic E-state index is 11.9. The molecule has 2 aliphatic rings. The van der Waals surface area contributed by atoms with Gasteiger partial charge in [-0.05, 0) is 26.9 Å². The molecular weight excluding hydrogens is 246 g/mol. The summed E-state index contributed by atoms with van der Waals surface area (Å²) in [5.41, 5.74) is 1.05. The quantitative estimate of drug-likeness (QED) is 0.772. The van der Waals surface area contributed by atoms with Crippen LogP contribution in [0.2, 0.25) is 0 Å². The summed E-state index contributed by atoms with van der Waals surface area (Å²) in [6.45, 7) is 3.19. The molecule has 1 aliphatic heterocycles. The molecule has 18 heavy (non-hydrogen) atoms. The molecule has 1 atom stereocenters. The number of hydrogen-bond acceptors (Lipinski definition) is 5. The van der Waals surface area contributed by atoms with Crippen LogP contribution < -0.4 is 0 Å². The molecule has 98 valence electrons. The Kier molecular flexibility index (Phi) is 3.21. The molecule has 1 aromatic rings. The highest BCUT2D eigenvalue weighted by molar-refractivity contribution is 7.14. The normalized spacial score (nSPS) is 26.3. The van der Waals surface area contributed by atoms with Crippen molar-refractivity contribution in [3.63, 3.8) is 0 Å². The summed E-state index contributed by atoms with van der Waals surface area (Å²) in [5, 5.41) is 1.13. The van der Waals surface area contributed by atoms with Crippen molar-refractivity contribution in [2.24, 2.45) is 0 Å². The van der Waals surface area contributed by atoms with Crippen LogP contribution in [0, 0.1) is 0 Å². The van der Waals surface area contributed by atoms with Gasteiger partial charge in [0.1, 0.15) is 5.01 Å². The fourth-order valence-electron chi connectivity index (χ4n) is 2.71. The predicted octanol–water partition coefficient (Wildman–Crippen LogP) is 1.58. The molecule has 2 heterocycles. The van der Waals surface area contributed by atoms with Crippen molar-refractivity contribution in [2.75, 3.05) is 33.7 Å². The molecule has 3 rings (SSSR count). The van der Waals surface area contributed by atoms with E-state index in [0.717, 1.165) is 48.1 Å². The number of carbonyl (C=O) groups excluding carboxylic acids is 1. The zero-order chi connectivity index (χ0) is 12.7. The minimum Gasteiger partial charge on any atom is -0.303 e. The highest BCUT2D eigenvalue weighted by Crippen LogP contribution is 2.33. The van der Waals surface area contributed by atoms with Crippen molar-refractivity contribution in [2.45, 2.75) is 25.3 Å². The van der Waals surface area contributed by atoms with Crippen molar-refractivity contribution in [1.29, 1.82) is 0 Å². The Hall–Kier alpha value is -0.780. The minimum absolute atomic E-state index is 0.298. The zero-order valence-corrected chi connectivity index (χ0v) is 11.8. The van der Waals surface area contributed by atoms with Gasteiger partial charge in [-0.2, -0.15) is 0 Å². The molecular formula is C13H19N3OS. The van der Waals surface area contributed by atoms with Gasteiger partial charge in [0.2, 0.25) is 0 Å². The van der Waals surface area contributed by atoms with Crippen molar-refractivity contribution in [3.8, 4) is 0 Å². The van der Waals surface area contributed by atoms with E-state index in [0.29, 0.717) is 18.2 Å². The molecule has 1 fully saturated rings. The number of nitrogens with zero attached hydrogens (tertiary/aromatic N) is 3. The largest absolute Gasteiger partial charge is 0.303 e. The smallest absolute Gasteiger partial charge is 0.174 e. The summed E-state index contributed by atoms with van der Waals surface area (Å²) in [4.78, 5) is 22.2. The van der Waals surface area contributed by atoms with E-state index in [1.165, 1.54) is 0 Å². The van der Waals surface area contributed by atoms with Crippen LogP contribution in [-0.4, -0.2) is 54.3 Å². The first-order chi connectivity index (χ1) is 8.65. The summed E-state index contributed by atoms with van der Waals surface area (Å²) < 4.78 is 0. The molecule has 5 heteroatoms. The molecule has 1 aliphatic carbocycles. The van der Waals surface area contributed by atoms with E-state index in [9.17, 15) is 4.79 Å². The van der Waals surface area contributed by atoms with Gasteiger partial charge in [0.15, 0.2) is 5.78 Å². The second-order valence-corrected chi connectivity index (χ2v) is 6.39. The molecule has 0 N–H and O–H groups in total. The average Bonchev–Trinajstić information content (AvgIpc) is 2.77. The van der Waals surface area contributed by atoms with E-state index in [4.69, 9.17) is 4.98 Å². The number of aryl methyl sites for hydroxylation is 1. The highest BCUT2D eigenvalue weighted by atomic mass is 32.1. The van der Waals surface area contributed by atoms with E-state index in [2.05, 4.69) is 23.9 Å². The lowest BCUT2D eigenvalue weighted by Gasteiger charge is -2.36. The fourth-order valence-corrected chi connectivity index (χ4v) is 3.94. The number of fused-ring (bicyclic) bond motifs is 1. The molecule has 4 nitrogen and oxygen atoms in total. The number of aromatic nitrogens is 1. The van der Waals surface area contributed by atoms with Crippen LogP contribution in [0.5, 0.6) is 0 Å². The van der Waals surface area contributed by atoms with E-state index in [-0.39, 0.29) is 0 Å².